The summed E-state index contributed by atoms with van der Waals surface area (Å²) in [6.45, 7) is 2.85. The second-order valence-corrected chi connectivity index (χ2v) is 4.87. The molecule has 0 aliphatic rings. The molecule has 1 heterocycles. The lowest BCUT2D eigenvalue weighted by atomic mass is 10.2. The lowest BCUT2D eigenvalue weighted by Crippen LogP contribution is -2.03. The summed E-state index contributed by atoms with van der Waals surface area (Å²) in [5, 5.41) is 4.09. The van der Waals surface area contributed by atoms with Gasteiger partial charge in [-0.2, -0.15) is 0 Å². The van der Waals surface area contributed by atoms with Gasteiger partial charge in [-0.05, 0) is 24.1 Å². The molecule has 0 bridgehead atoms. The summed E-state index contributed by atoms with van der Waals surface area (Å²) in [6.07, 6.45) is 2.14. The molecule has 1 N–H and O–H groups in total. The van der Waals surface area contributed by atoms with E-state index in [9.17, 15) is 0 Å². The third kappa shape index (κ3) is 2.99. The Labute approximate surface area is 111 Å². The van der Waals surface area contributed by atoms with Gasteiger partial charge >= 0.3 is 0 Å². The van der Waals surface area contributed by atoms with Gasteiger partial charge in [0.2, 0.25) is 0 Å². The van der Waals surface area contributed by atoms with Crippen LogP contribution in [-0.4, -0.2) is 9.78 Å². The molecule has 17 heavy (non-hydrogen) atoms. The molecule has 1 aromatic carbocycles. The maximum Gasteiger partial charge on any atom is 0.122 e. The predicted octanol–water partition coefficient (Wildman–Crippen LogP) is 4.20. The lowest BCUT2D eigenvalue weighted by molar-refractivity contribution is 0.660. The van der Waals surface area contributed by atoms with Crippen molar-refractivity contribution >= 4 is 23.8 Å². The van der Waals surface area contributed by atoms with Crippen molar-refractivity contribution in [3.8, 4) is 0 Å². The highest BCUT2D eigenvalue weighted by Crippen LogP contribution is 2.16. The zero-order valence-corrected chi connectivity index (χ0v) is 11.3. The van der Waals surface area contributed by atoms with E-state index in [-0.39, 0.29) is 0 Å². The molecule has 2 aromatic rings. The standard InChI is InChI=1S/C13H15ClN2S/c1-2-5-11-8-13(17)16(15-11)9-10-6-3-4-7-12(10)14/h3-4,6-8,15H,2,5,9H2,1H3. The number of H-pyrrole nitrogens is 1. The summed E-state index contributed by atoms with van der Waals surface area (Å²) in [4.78, 5) is 0. The largest absolute Gasteiger partial charge is 0.301 e. The van der Waals surface area contributed by atoms with Gasteiger partial charge in [-0.15, -0.1) is 0 Å². The second kappa shape index (κ2) is 5.52. The Morgan fingerprint density at radius 2 is 2.12 bits per heavy atom. The van der Waals surface area contributed by atoms with E-state index in [1.165, 1.54) is 5.69 Å². The van der Waals surface area contributed by atoms with E-state index in [4.69, 9.17) is 23.8 Å². The Morgan fingerprint density at radius 1 is 1.35 bits per heavy atom. The van der Waals surface area contributed by atoms with Gasteiger partial charge in [0, 0.05) is 10.7 Å². The predicted molar refractivity (Wildman–Crippen MR) is 74.2 cm³/mol. The zero-order chi connectivity index (χ0) is 12.3. The van der Waals surface area contributed by atoms with Crippen LogP contribution in [-0.2, 0) is 13.0 Å². The van der Waals surface area contributed by atoms with Crippen LogP contribution in [0, 0.1) is 4.64 Å². The molecule has 4 heteroatoms. The smallest absolute Gasteiger partial charge is 0.122 e. The van der Waals surface area contributed by atoms with E-state index in [1.54, 1.807) is 0 Å². The average Bonchev–Trinajstić information content (AvgIpc) is 2.63. The molecule has 2 rings (SSSR count). The summed E-state index contributed by atoms with van der Waals surface area (Å²) in [7, 11) is 0. The van der Waals surface area contributed by atoms with Crippen molar-refractivity contribution in [2.45, 2.75) is 26.3 Å². The number of nitrogens with zero attached hydrogens (tertiary/aromatic N) is 1. The van der Waals surface area contributed by atoms with Gasteiger partial charge in [0.1, 0.15) is 4.64 Å². The highest BCUT2D eigenvalue weighted by Gasteiger charge is 2.03. The third-order valence-electron chi connectivity index (χ3n) is 2.65. The van der Waals surface area contributed by atoms with Crippen LogP contribution in [0.4, 0.5) is 0 Å². The Balaban J connectivity index is 2.24. The molecule has 0 aliphatic heterocycles. The van der Waals surface area contributed by atoms with Gasteiger partial charge in [-0.3, -0.25) is 4.68 Å². The Kier molecular flexibility index (Phi) is 4.02. The zero-order valence-electron chi connectivity index (χ0n) is 9.74. The molecule has 90 valence electrons. The summed E-state index contributed by atoms with van der Waals surface area (Å²) in [6, 6.07) is 9.86. The maximum absolute atomic E-state index is 6.13. The van der Waals surface area contributed by atoms with Crippen molar-refractivity contribution in [1.82, 2.24) is 9.78 Å². The molecule has 0 saturated heterocycles. The summed E-state index contributed by atoms with van der Waals surface area (Å²) in [5.74, 6) is 0. The fraction of sp³-hybridized carbons (Fsp3) is 0.308. The molecule has 0 amide bonds. The molecule has 0 radical (unpaired) electrons. The van der Waals surface area contributed by atoms with Crippen LogP contribution in [0.2, 0.25) is 5.02 Å². The second-order valence-electron chi connectivity index (χ2n) is 4.05. The van der Waals surface area contributed by atoms with Gasteiger partial charge in [-0.25, -0.2) is 0 Å². The first-order chi connectivity index (χ1) is 8.20. The number of aromatic nitrogens is 2. The number of aromatic amines is 1. The van der Waals surface area contributed by atoms with E-state index in [0.29, 0.717) is 6.54 Å². The van der Waals surface area contributed by atoms with Crippen molar-refractivity contribution < 1.29 is 0 Å². The molecule has 1 aromatic heterocycles. The van der Waals surface area contributed by atoms with Gasteiger partial charge in [0.25, 0.3) is 0 Å². The molecule has 0 unspecified atom stereocenters. The van der Waals surface area contributed by atoms with Gasteiger partial charge in [-0.1, -0.05) is 55.4 Å². The van der Waals surface area contributed by atoms with Crippen LogP contribution in [0.3, 0.4) is 0 Å². The molecular formula is C13H15ClN2S. The van der Waals surface area contributed by atoms with E-state index in [0.717, 1.165) is 28.1 Å². The minimum Gasteiger partial charge on any atom is -0.301 e. The maximum atomic E-state index is 6.13. The average molecular weight is 267 g/mol. The molecule has 0 aliphatic carbocycles. The Hall–Kier alpha value is -1.06. The first-order valence-corrected chi connectivity index (χ1v) is 6.51. The van der Waals surface area contributed by atoms with Crippen LogP contribution in [0.15, 0.2) is 30.3 Å². The molecular weight excluding hydrogens is 252 g/mol. The van der Waals surface area contributed by atoms with Crippen LogP contribution in [0.1, 0.15) is 24.6 Å². The normalized spacial score (nSPS) is 10.7. The monoisotopic (exact) mass is 266 g/mol. The first kappa shape index (κ1) is 12.4. The van der Waals surface area contributed by atoms with Crippen LogP contribution >= 0.6 is 23.8 Å². The van der Waals surface area contributed by atoms with Crippen molar-refractivity contribution in [2.75, 3.05) is 0 Å². The summed E-state index contributed by atoms with van der Waals surface area (Å²) in [5.41, 5.74) is 2.26. The highest BCUT2D eigenvalue weighted by atomic mass is 35.5. The van der Waals surface area contributed by atoms with Crippen LogP contribution in [0.25, 0.3) is 0 Å². The quantitative estimate of drug-likeness (QED) is 0.823. The number of hydrogen-bond donors (Lipinski definition) is 1. The molecule has 0 atom stereocenters. The molecule has 0 fully saturated rings. The van der Waals surface area contributed by atoms with Crippen molar-refractivity contribution in [2.24, 2.45) is 0 Å². The molecule has 0 saturated carbocycles. The minimum atomic E-state index is 0.697. The van der Waals surface area contributed by atoms with E-state index in [2.05, 4.69) is 12.0 Å². The highest BCUT2D eigenvalue weighted by molar-refractivity contribution is 7.71. The van der Waals surface area contributed by atoms with Crippen molar-refractivity contribution in [3.63, 3.8) is 0 Å². The minimum absolute atomic E-state index is 0.697. The number of halogens is 1. The summed E-state index contributed by atoms with van der Waals surface area (Å²) >= 11 is 11.5. The Morgan fingerprint density at radius 3 is 2.82 bits per heavy atom. The SMILES string of the molecule is CCCc1cc(=S)n(Cc2ccccc2Cl)[nH]1. The lowest BCUT2D eigenvalue weighted by Gasteiger charge is -2.05. The fourth-order valence-corrected chi connectivity index (χ4v) is 2.25. The number of aryl methyl sites for hydroxylation is 1. The van der Waals surface area contributed by atoms with Crippen molar-refractivity contribution in [1.29, 1.82) is 0 Å². The first-order valence-electron chi connectivity index (χ1n) is 5.73. The van der Waals surface area contributed by atoms with Gasteiger partial charge in [0.05, 0.1) is 6.54 Å². The topological polar surface area (TPSA) is 20.7 Å². The van der Waals surface area contributed by atoms with Gasteiger partial charge < -0.3 is 5.10 Å². The van der Waals surface area contributed by atoms with E-state index < -0.39 is 0 Å². The summed E-state index contributed by atoms with van der Waals surface area (Å²) < 4.78 is 2.79. The van der Waals surface area contributed by atoms with Crippen molar-refractivity contribution in [3.05, 3.63) is 51.3 Å². The number of benzene rings is 1. The third-order valence-corrected chi connectivity index (χ3v) is 3.35. The number of nitrogens with one attached hydrogen (secondary N) is 1. The number of hydrogen-bond acceptors (Lipinski definition) is 1. The van der Waals surface area contributed by atoms with E-state index >= 15 is 0 Å². The van der Waals surface area contributed by atoms with Gasteiger partial charge in [0.15, 0.2) is 0 Å². The molecule has 2 nitrogen and oxygen atoms in total. The number of rotatable bonds is 4. The molecule has 0 spiro atoms. The van der Waals surface area contributed by atoms with E-state index in [1.807, 2.05) is 35.0 Å². The van der Waals surface area contributed by atoms with Crippen LogP contribution in [0.5, 0.6) is 0 Å². The Bertz CT molecular complexity index is 557. The fourth-order valence-electron chi connectivity index (χ4n) is 1.80. The van der Waals surface area contributed by atoms with Crippen LogP contribution < -0.4 is 0 Å².